The first-order chi connectivity index (χ1) is 11.0. The number of hydrogen-bond donors (Lipinski definition) is 0. The van der Waals surface area contributed by atoms with Gasteiger partial charge < -0.3 is 9.64 Å². The number of aryl methyl sites for hydroxylation is 1. The second-order valence-electron chi connectivity index (χ2n) is 5.39. The molecule has 1 aliphatic rings. The van der Waals surface area contributed by atoms with Gasteiger partial charge in [0.05, 0.1) is 17.9 Å². The van der Waals surface area contributed by atoms with Crippen molar-refractivity contribution >= 4 is 35.2 Å². The van der Waals surface area contributed by atoms with Crippen molar-refractivity contribution in [3.63, 3.8) is 0 Å². The molecule has 1 aromatic rings. The molecule has 2 rings (SSSR count). The number of likely N-dealkylation sites (tertiary alicyclic amines) is 1. The number of carbonyl (C=O) groups is 2. The van der Waals surface area contributed by atoms with Gasteiger partial charge in [-0.15, -0.1) is 11.8 Å². The third kappa shape index (κ3) is 5.39. The van der Waals surface area contributed by atoms with Crippen LogP contribution < -0.4 is 0 Å². The molecule has 1 aliphatic heterocycles. The molecule has 0 radical (unpaired) electrons. The van der Waals surface area contributed by atoms with Gasteiger partial charge in [-0.2, -0.15) is 0 Å². The van der Waals surface area contributed by atoms with E-state index in [1.54, 1.807) is 11.0 Å². The summed E-state index contributed by atoms with van der Waals surface area (Å²) in [6.07, 6.45) is 1.71. The molecule has 126 valence electrons. The highest BCUT2D eigenvalue weighted by Crippen LogP contribution is 2.24. The van der Waals surface area contributed by atoms with Gasteiger partial charge in [-0.05, 0) is 30.5 Å². The Labute approximate surface area is 144 Å². The minimum absolute atomic E-state index is 0.0570. The molecule has 0 spiro atoms. The van der Waals surface area contributed by atoms with E-state index in [9.17, 15) is 14.0 Å². The SMILES string of the molecule is COC(=O)CS[C@@H]1CCN(C(=O)CCc2ccc(Cl)c(F)c2)C1. The maximum Gasteiger partial charge on any atom is 0.315 e. The van der Waals surface area contributed by atoms with Crippen molar-refractivity contribution in [3.05, 3.63) is 34.6 Å². The molecule has 1 fully saturated rings. The Bertz CT molecular complexity index is 584. The summed E-state index contributed by atoms with van der Waals surface area (Å²) in [5, 5.41) is 0.358. The Hall–Kier alpha value is -1.27. The third-order valence-corrected chi connectivity index (χ3v) is 5.34. The monoisotopic (exact) mass is 359 g/mol. The molecular weight excluding hydrogens is 341 g/mol. The average Bonchev–Trinajstić information content (AvgIpc) is 3.02. The molecule has 0 bridgehead atoms. The minimum atomic E-state index is -0.461. The predicted molar refractivity (Wildman–Crippen MR) is 89.2 cm³/mol. The first kappa shape index (κ1) is 18.1. The van der Waals surface area contributed by atoms with Crippen molar-refractivity contribution in [2.75, 3.05) is 26.0 Å². The highest BCUT2D eigenvalue weighted by Gasteiger charge is 2.26. The van der Waals surface area contributed by atoms with Crippen LogP contribution >= 0.6 is 23.4 Å². The molecule has 0 aliphatic carbocycles. The molecule has 1 saturated heterocycles. The molecule has 1 atom stereocenters. The highest BCUT2D eigenvalue weighted by molar-refractivity contribution is 8.00. The summed E-state index contributed by atoms with van der Waals surface area (Å²) in [5.41, 5.74) is 0.760. The normalized spacial score (nSPS) is 17.3. The third-order valence-electron chi connectivity index (χ3n) is 3.77. The standard InChI is InChI=1S/C16H19ClFNO3S/c1-22-16(21)10-23-12-6-7-19(9-12)15(20)5-3-11-2-4-13(17)14(18)8-11/h2,4,8,12H,3,5-7,9-10H2,1H3/t12-/m1/s1. The van der Waals surface area contributed by atoms with Crippen LogP contribution in [0.1, 0.15) is 18.4 Å². The van der Waals surface area contributed by atoms with Crippen molar-refractivity contribution in [2.24, 2.45) is 0 Å². The van der Waals surface area contributed by atoms with E-state index in [2.05, 4.69) is 4.74 Å². The van der Waals surface area contributed by atoms with Gasteiger partial charge in [0, 0.05) is 24.8 Å². The van der Waals surface area contributed by atoms with Crippen LogP contribution in [-0.2, 0) is 20.7 Å². The van der Waals surface area contributed by atoms with Crippen LogP contribution in [0.4, 0.5) is 4.39 Å². The van der Waals surface area contributed by atoms with Crippen LogP contribution in [0.2, 0.25) is 5.02 Å². The average molecular weight is 360 g/mol. The molecule has 4 nitrogen and oxygen atoms in total. The zero-order chi connectivity index (χ0) is 16.8. The largest absolute Gasteiger partial charge is 0.468 e. The summed E-state index contributed by atoms with van der Waals surface area (Å²) in [5.74, 6) is -0.337. The molecule has 0 saturated carbocycles. The molecule has 1 aromatic carbocycles. The number of rotatable bonds is 6. The van der Waals surface area contributed by atoms with E-state index in [0.29, 0.717) is 31.7 Å². The number of esters is 1. The number of halogens is 2. The lowest BCUT2D eigenvalue weighted by molar-refractivity contribution is -0.137. The van der Waals surface area contributed by atoms with E-state index in [4.69, 9.17) is 11.6 Å². The summed E-state index contributed by atoms with van der Waals surface area (Å²) in [6.45, 7) is 1.35. The van der Waals surface area contributed by atoms with Gasteiger partial charge in [-0.1, -0.05) is 17.7 Å². The lowest BCUT2D eigenvalue weighted by Gasteiger charge is -2.16. The fourth-order valence-electron chi connectivity index (χ4n) is 2.44. The van der Waals surface area contributed by atoms with Crippen LogP contribution in [0.25, 0.3) is 0 Å². The Morgan fingerprint density at radius 3 is 2.96 bits per heavy atom. The first-order valence-electron chi connectivity index (χ1n) is 7.39. The number of nitrogens with zero attached hydrogens (tertiary/aromatic N) is 1. The number of hydrogen-bond acceptors (Lipinski definition) is 4. The second kappa shape index (κ2) is 8.55. The van der Waals surface area contributed by atoms with E-state index in [0.717, 1.165) is 12.0 Å². The van der Waals surface area contributed by atoms with Gasteiger partial charge in [0.15, 0.2) is 0 Å². The van der Waals surface area contributed by atoms with Gasteiger partial charge in [-0.3, -0.25) is 9.59 Å². The van der Waals surface area contributed by atoms with Crippen LogP contribution in [0.5, 0.6) is 0 Å². The second-order valence-corrected chi connectivity index (χ2v) is 7.08. The molecule has 0 aromatic heterocycles. The van der Waals surface area contributed by atoms with Crippen molar-refractivity contribution in [1.29, 1.82) is 0 Å². The van der Waals surface area contributed by atoms with Gasteiger partial charge in [0.2, 0.25) is 5.91 Å². The minimum Gasteiger partial charge on any atom is -0.468 e. The summed E-state index contributed by atoms with van der Waals surface area (Å²) in [7, 11) is 1.37. The predicted octanol–water partition coefficient (Wildman–Crippen LogP) is 2.92. The number of ether oxygens (including phenoxy) is 1. The van der Waals surface area contributed by atoms with E-state index in [1.807, 2.05) is 0 Å². The Morgan fingerprint density at radius 2 is 2.26 bits per heavy atom. The Balaban J connectivity index is 1.76. The van der Waals surface area contributed by atoms with Gasteiger partial charge in [-0.25, -0.2) is 4.39 Å². The molecule has 1 heterocycles. The summed E-state index contributed by atoms with van der Waals surface area (Å²) < 4.78 is 18.0. The quantitative estimate of drug-likeness (QED) is 0.733. The van der Waals surface area contributed by atoms with Gasteiger partial charge >= 0.3 is 5.97 Å². The van der Waals surface area contributed by atoms with E-state index < -0.39 is 5.82 Å². The lowest BCUT2D eigenvalue weighted by atomic mass is 10.1. The molecule has 0 unspecified atom stereocenters. The lowest BCUT2D eigenvalue weighted by Crippen LogP contribution is -2.29. The zero-order valence-corrected chi connectivity index (χ0v) is 14.5. The molecule has 23 heavy (non-hydrogen) atoms. The van der Waals surface area contributed by atoms with Gasteiger partial charge in [0.1, 0.15) is 5.82 Å². The van der Waals surface area contributed by atoms with Crippen molar-refractivity contribution in [3.8, 4) is 0 Å². The van der Waals surface area contributed by atoms with Crippen LogP contribution in [0, 0.1) is 5.82 Å². The summed E-state index contributed by atoms with van der Waals surface area (Å²) >= 11 is 7.16. The smallest absolute Gasteiger partial charge is 0.315 e. The van der Waals surface area contributed by atoms with Crippen LogP contribution in [0.3, 0.4) is 0 Å². The Morgan fingerprint density at radius 1 is 1.48 bits per heavy atom. The fourth-order valence-corrected chi connectivity index (χ4v) is 3.60. The van der Waals surface area contributed by atoms with E-state index >= 15 is 0 Å². The van der Waals surface area contributed by atoms with E-state index in [-0.39, 0.29) is 22.1 Å². The van der Waals surface area contributed by atoms with Crippen LogP contribution in [0.15, 0.2) is 18.2 Å². The summed E-state index contributed by atoms with van der Waals surface area (Å²) in [6, 6.07) is 4.61. The molecule has 0 N–H and O–H groups in total. The number of benzene rings is 1. The number of thioether (sulfide) groups is 1. The Kier molecular flexibility index (Phi) is 6.72. The molecule has 7 heteroatoms. The number of methoxy groups -OCH3 is 1. The van der Waals surface area contributed by atoms with Crippen molar-refractivity contribution in [1.82, 2.24) is 4.90 Å². The number of amides is 1. The number of carbonyl (C=O) groups excluding carboxylic acids is 2. The first-order valence-corrected chi connectivity index (χ1v) is 8.82. The maximum atomic E-state index is 13.4. The van der Waals surface area contributed by atoms with Crippen molar-refractivity contribution < 1.29 is 18.7 Å². The fraction of sp³-hybridized carbons (Fsp3) is 0.500. The van der Waals surface area contributed by atoms with Crippen LogP contribution in [-0.4, -0.2) is 48.0 Å². The zero-order valence-electron chi connectivity index (χ0n) is 12.9. The highest BCUT2D eigenvalue weighted by atomic mass is 35.5. The maximum absolute atomic E-state index is 13.4. The molecular formula is C16H19ClFNO3S. The summed E-state index contributed by atoms with van der Waals surface area (Å²) in [4.78, 5) is 25.2. The molecule has 1 amide bonds. The van der Waals surface area contributed by atoms with E-state index in [1.165, 1.54) is 31.0 Å². The topological polar surface area (TPSA) is 46.6 Å². The van der Waals surface area contributed by atoms with Crippen molar-refractivity contribution in [2.45, 2.75) is 24.5 Å². The van der Waals surface area contributed by atoms with Gasteiger partial charge in [0.25, 0.3) is 0 Å².